The molecule has 2 aliphatic rings. The van der Waals surface area contributed by atoms with Crippen molar-refractivity contribution in [2.45, 2.75) is 43.8 Å². The van der Waals surface area contributed by atoms with E-state index in [2.05, 4.69) is 9.84 Å². The number of carbonyl (C=O) groups excluding carboxylic acids is 1. The third-order valence-electron chi connectivity index (χ3n) is 3.97. The molecule has 2 rings (SSSR count). The van der Waals surface area contributed by atoms with Crippen molar-refractivity contribution < 1.29 is 27.8 Å². The maximum absolute atomic E-state index is 13.2. The zero-order valence-corrected chi connectivity index (χ0v) is 11.1. The summed E-state index contributed by atoms with van der Waals surface area (Å²) in [5.41, 5.74) is 0. The normalized spacial score (nSPS) is 29.1. The molecule has 0 radical (unpaired) electrons. The van der Waals surface area contributed by atoms with Crippen molar-refractivity contribution in [3.63, 3.8) is 0 Å². The Labute approximate surface area is 115 Å². The molecule has 0 spiro atoms. The molecule has 0 bridgehead atoms. The molecule has 1 aliphatic heterocycles. The third kappa shape index (κ3) is 3.83. The smallest absolute Gasteiger partial charge is 0.379 e. The zero-order valence-electron chi connectivity index (χ0n) is 11.1. The Morgan fingerprint density at radius 1 is 1.20 bits per heavy atom. The van der Waals surface area contributed by atoms with Gasteiger partial charge in [0.05, 0.1) is 13.2 Å². The Hall–Kier alpha value is -0.860. The number of morpholine rings is 1. The lowest BCUT2D eigenvalue weighted by atomic mass is 9.90. The van der Waals surface area contributed by atoms with Crippen molar-refractivity contribution in [3.05, 3.63) is 0 Å². The van der Waals surface area contributed by atoms with Gasteiger partial charge < -0.3 is 4.74 Å². The molecule has 0 aromatic heterocycles. The molecule has 1 heterocycles. The summed E-state index contributed by atoms with van der Waals surface area (Å²) in [6.45, 7) is 3.15. The molecule has 0 amide bonds. The lowest BCUT2D eigenvalue weighted by Crippen LogP contribution is -2.53. The number of halogens is 3. The van der Waals surface area contributed by atoms with E-state index in [1.165, 1.54) is 0 Å². The van der Waals surface area contributed by atoms with Gasteiger partial charge in [-0.05, 0) is 25.7 Å². The molecule has 0 atom stereocenters. The van der Waals surface area contributed by atoms with Gasteiger partial charge in [-0.1, -0.05) is 0 Å². The average Bonchev–Trinajstić information content (AvgIpc) is 2.47. The van der Waals surface area contributed by atoms with Gasteiger partial charge >= 0.3 is 12.0 Å². The molecule has 1 saturated carbocycles. The number of hydrogen-bond acceptors (Lipinski definition) is 5. The van der Waals surface area contributed by atoms with E-state index in [0.29, 0.717) is 32.1 Å². The zero-order chi connectivity index (χ0) is 14.6. The summed E-state index contributed by atoms with van der Waals surface area (Å²) >= 11 is 0. The van der Waals surface area contributed by atoms with E-state index in [9.17, 15) is 18.1 Å². The molecule has 0 unspecified atom stereocenters. The molecular formula is C12H19F3N2O3. The first-order chi connectivity index (χ1) is 9.53. The van der Waals surface area contributed by atoms with E-state index in [0.717, 1.165) is 25.9 Å². The topological polar surface area (TPSA) is 50.8 Å². The van der Waals surface area contributed by atoms with Gasteiger partial charge in [-0.3, -0.25) is 4.90 Å². The molecular weight excluding hydrogens is 277 g/mol. The average molecular weight is 296 g/mol. The van der Waals surface area contributed by atoms with Gasteiger partial charge in [-0.2, -0.15) is 8.78 Å². The van der Waals surface area contributed by atoms with Crippen molar-refractivity contribution in [1.29, 1.82) is 0 Å². The van der Waals surface area contributed by atoms with Gasteiger partial charge in [0.15, 0.2) is 0 Å². The Bertz CT molecular complexity index is 330. The molecule has 8 heteroatoms. The Balaban J connectivity index is 1.77. The van der Waals surface area contributed by atoms with Crippen molar-refractivity contribution in [3.8, 4) is 0 Å². The summed E-state index contributed by atoms with van der Waals surface area (Å²) in [6, 6.07) is -4.09. The summed E-state index contributed by atoms with van der Waals surface area (Å²) in [5.74, 6) is -2.19. The second kappa shape index (κ2) is 6.73. The number of hydrogen-bond donors (Lipinski definition) is 1. The van der Waals surface area contributed by atoms with Crippen LogP contribution < -0.4 is 5.32 Å². The number of ether oxygens (including phenoxy) is 1. The lowest BCUT2D eigenvalue weighted by Gasteiger charge is -2.39. The molecule has 20 heavy (non-hydrogen) atoms. The highest BCUT2D eigenvalue weighted by Crippen LogP contribution is 2.26. The van der Waals surface area contributed by atoms with Gasteiger partial charge in [-0.15, -0.1) is 0 Å². The highest BCUT2D eigenvalue weighted by Gasteiger charge is 2.44. The quantitative estimate of drug-likeness (QED) is 0.791. The van der Waals surface area contributed by atoms with Crippen molar-refractivity contribution in [2.75, 3.05) is 26.3 Å². The Morgan fingerprint density at radius 2 is 1.80 bits per heavy atom. The minimum absolute atomic E-state index is 0.374. The summed E-state index contributed by atoms with van der Waals surface area (Å²) in [4.78, 5) is 15.5. The molecule has 0 aromatic rings. The SMILES string of the molecule is O=C(OF)C(F)(F)NC1CCC(N2CCOCC2)CC1. The maximum atomic E-state index is 13.2. The Kier molecular flexibility index (Phi) is 5.22. The van der Waals surface area contributed by atoms with Crippen LogP contribution in [0, 0.1) is 0 Å². The summed E-state index contributed by atoms with van der Waals surface area (Å²) in [6.07, 6.45) is 2.60. The Morgan fingerprint density at radius 3 is 2.35 bits per heavy atom. The number of nitrogens with one attached hydrogen (secondary N) is 1. The van der Waals surface area contributed by atoms with E-state index < -0.39 is 18.1 Å². The summed E-state index contributed by atoms with van der Waals surface area (Å²) in [7, 11) is 0. The van der Waals surface area contributed by atoms with Crippen LogP contribution in [0.1, 0.15) is 25.7 Å². The van der Waals surface area contributed by atoms with Crippen molar-refractivity contribution in [2.24, 2.45) is 0 Å². The highest BCUT2D eigenvalue weighted by atomic mass is 19.3. The molecule has 1 saturated heterocycles. The third-order valence-corrected chi connectivity index (χ3v) is 3.97. The van der Waals surface area contributed by atoms with Crippen molar-refractivity contribution in [1.82, 2.24) is 10.2 Å². The molecule has 2 fully saturated rings. The summed E-state index contributed by atoms with van der Waals surface area (Å²) in [5, 5.41) is 1.88. The van der Waals surface area contributed by atoms with E-state index in [-0.39, 0.29) is 0 Å². The minimum Gasteiger partial charge on any atom is -0.379 e. The molecule has 116 valence electrons. The second-order valence-electron chi connectivity index (χ2n) is 5.24. The van der Waals surface area contributed by atoms with Gasteiger partial charge in [0.2, 0.25) is 0 Å². The fraction of sp³-hybridized carbons (Fsp3) is 0.917. The second-order valence-corrected chi connectivity index (χ2v) is 5.24. The number of nitrogens with zero attached hydrogens (tertiary/aromatic N) is 1. The van der Waals surface area contributed by atoms with E-state index in [4.69, 9.17) is 4.74 Å². The van der Waals surface area contributed by atoms with Crippen LogP contribution in [0.15, 0.2) is 0 Å². The predicted octanol–water partition coefficient (Wildman–Crippen LogP) is 1.24. The van der Waals surface area contributed by atoms with Crippen LogP contribution in [-0.2, 0) is 14.5 Å². The standard InChI is InChI=1S/C12H19F3N2O3/c13-12(14,11(18)20-15)16-9-1-3-10(4-2-9)17-5-7-19-8-6-17/h9-10,16H,1-8H2. The molecule has 5 nitrogen and oxygen atoms in total. The fourth-order valence-corrected chi connectivity index (χ4v) is 2.89. The highest BCUT2D eigenvalue weighted by molar-refractivity contribution is 5.76. The van der Waals surface area contributed by atoms with Gasteiger partial charge in [0.25, 0.3) is 0 Å². The van der Waals surface area contributed by atoms with Crippen LogP contribution in [0.4, 0.5) is 13.3 Å². The first-order valence-electron chi connectivity index (χ1n) is 6.83. The number of rotatable bonds is 4. The molecule has 0 aromatic carbocycles. The minimum atomic E-state index is -3.97. The number of alkyl halides is 2. The monoisotopic (exact) mass is 296 g/mol. The molecule has 1 aliphatic carbocycles. The van der Waals surface area contributed by atoms with Gasteiger partial charge in [0.1, 0.15) is 0 Å². The van der Waals surface area contributed by atoms with Gasteiger partial charge in [-0.25, -0.2) is 15.1 Å². The van der Waals surface area contributed by atoms with Crippen LogP contribution in [0.5, 0.6) is 0 Å². The van der Waals surface area contributed by atoms with Crippen LogP contribution in [-0.4, -0.2) is 55.3 Å². The van der Waals surface area contributed by atoms with Crippen LogP contribution in [0.3, 0.4) is 0 Å². The van der Waals surface area contributed by atoms with Crippen molar-refractivity contribution >= 4 is 5.97 Å². The molecule has 1 N–H and O–H groups in total. The predicted molar refractivity (Wildman–Crippen MR) is 63.7 cm³/mol. The lowest BCUT2D eigenvalue weighted by molar-refractivity contribution is -0.217. The van der Waals surface area contributed by atoms with Crippen LogP contribution in [0.2, 0.25) is 0 Å². The van der Waals surface area contributed by atoms with Crippen LogP contribution >= 0.6 is 0 Å². The fourth-order valence-electron chi connectivity index (χ4n) is 2.89. The summed E-state index contributed by atoms with van der Waals surface area (Å²) < 4.78 is 43.2. The number of carbonyl (C=O) groups is 1. The maximum Gasteiger partial charge on any atom is 0.433 e. The van der Waals surface area contributed by atoms with E-state index in [1.807, 2.05) is 5.32 Å². The van der Waals surface area contributed by atoms with Gasteiger partial charge in [0, 0.05) is 29.7 Å². The van der Waals surface area contributed by atoms with E-state index in [1.54, 1.807) is 0 Å². The first kappa shape index (κ1) is 15.5. The first-order valence-corrected chi connectivity index (χ1v) is 6.83. The largest absolute Gasteiger partial charge is 0.433 e. The van der Waals surface area contributed by atoms with Crippen LogP contribution in [0.25, 0.3) is 0 Å². The van der Waals surface area contributed by atoms with E-state index >= 15 is 0 Å².